The lowest BCUT2D eigenvalue weighted by atomic mass is 10.1. The molecule has 0 aliphatic carbocycles. The zero-order valence-corrected chi connectivity index (χ0v) is 17.8. The number of rotatable bonds is 8. The van der Waals surface area contributed by atoms with Crippen LogP contribution in [0.15, 0.2) is 30.3 Å². The highest BCUT2D eigenvalue weighted by Crippen LogP contribution is 2.32. The molecule has 0 aliphatic rings. The number of methoxy groups -OCH3 is 1. The number of benzene rings is 2. The summed E-state index contributed by atoms with van der Waals surface area (Å²) >= 11 is 0. The first-order chi connectivity index (χ1) is 14.1. The molecule has 0 aliphatic heterocycles. The van der Waals surface area contributed by atoms with Gasteiger partial charge >= 0.3 is 5.69 Å². The number of nitro groups is 1. The number of quaternary nitrogens is 1. The van der Waals surface area contributed by atoms with Gasteiger partial charge in [-0.2, -0.15) is 0 Å². The average Bonchev–Trinajstić information content (AvgIpc) is 2.66. The molecule has 30 heavy (non-hydrogen) atoms. The van der Waals surface area contributed by atoms with Gasteiger partial charge in [0.15, 0.2) is 18.8 Å². The molecule has 0 radical (unpaired) electrons. The molecule has 9 heteroatoms. The Balaban J connectivity index is 1.97. The van der Waals surface area contributed by atoms with Crippen LogP contribution in [0.2, 0.25) is 0 Å². The Morgan fingerprint density at radius 2 is 1.63 bits per heavy atom. The van der Waals surface area contributed by atoms with Crippen LogP contribution in [0, 0.1) is 30.9 Å². The maximum absolute atomic E-state index is 12.4. The minimum Gasteiger partial charge on any atom is -0.490 e. The maximum atomic E-state index is 12.4. The van der Waals surface area contributed by atoms with Crippen molar-refractivity contribution in [3.8, 4) is 5.75 Å². The number of aryl methyl sites for hydroxylation is 2. The summed E-state index contributed by atoms with van der Waals surface area (Å²) in [7, 11) is 3.07. The molecule has 0 aromatic heterocycles. The average molecular weight is 415 g/mol. The van der Waals surface area contributed by atoms with Crippen molar-refractivity contribution in [3.63, 3.8) is 0 Å². The molecule has 0 spiro atoms. The van der Waals surface area contributed by atoms with Crippen LogP contribution < -0.4 is 20.3 Å². The van der Waals surface area contributed by atoms with E-state index in [9.17, 15) is 19.7 Å². The molecule has 0 bridgehead atoms. The zero-order chi connectivity index (χ0) is 22.4. The van der Waals surface area contributed by atoms with Gasteiger partial charge in [0.05, 0.1) is 19.1 Å². The first-order valence-corrected chi connectivity index (χ1v) is 9.42. The molecule has 2 rings (SSSR count). The molecule has 2 amide bonds. The van der Waals surface area contributed by atoms with Crippen LogP contribution >= 0.6 is 0 Å². The van der Waals surface area contributed by atoms with E-state index in [4.69, 9.17) is 4.74 Å². The zero-order valence-electron chi connectivity index (χ0n) is 17.8. The number of amides is 2. The molecule has 0 heterocycles. The van der Waals surface area contributed by atoms with E-state index < -0.39 is 4.92 Å². The second-order valence-corrected chi connectivity index (χ2v) is 7.25. The molecule has 0 saturated carbocycles. The Labute approximate surface area is 175 Å². The summed E-state index contributed by atoms with van der Waals surface area (Å²) in [5.74, 6) is -0.442. The van der Waals surface area contributed by atoms with Gasteiger partial charge in [-0.1, -0.05) is 12.1 Å². The lowest BCUT2D eigenvalue weighted by molar-refractivity contribution is -0.862. The standard InChI is InChI=1S/C21H26N4O5/c1-13-7-6-8-16(15(13)3)22-20(26)11-24(4)12-21(27)23-17-10-19(30-5)18(25(28)29)9-14(17)2/h6-10H,11-12H2,1-5H3,(H,22,26)(H,23,27)/p+1. The summed E-state index contributed by atoms with van der Waals surface area (Å²) in [6.45, 7) is 5.75. The van der Waals surface area contributed by atoms with E-state index >= 15 is 0 Å². The van der Waals surface area contributed by atoms with Crippen LogP contribution in [0.5, 0.6) is 5.75 Å². The Kier molecular flexibility index (Phi) is 7.48. The van der Waals surface area contributed by atoms with Crippen LogP contribution in [-0.2, 0) is 9.59 Å². The molecular weight excluding hydrogens is 388 g/mol. The fourth-order valence-corrected chi connectivity index (χ4v) is 3.00. The lowest BCUT2D eigenvalue weighted by Gasteiger charge is -2.16. The number of likely N-dealkylation sites (N-methyl/N-ethyl adjacent to an activating group) is 1. The normalized spacial score (nSPS) is 11.5. The topological polar surface area (TPSA) is 115 Å². The first kappa shape index (κ1) is 22.8. The van der Waals surface area contributed by atoms with Crippen molar-refractivity contribution in [2.24, 2.45) is 0 Å². The van der Waals surface area contributed by atoms with Crippen LogP contribution in [0.1, 0.15) is 16.7 Å². The van der Waals surface area contributed by atoms with Crippen molar-refractivity contribution in [1.29, 1.82) is 0 Å². The molecule has 1 unspecified atom stereocenters. The Morgan fingerprint density at radius 3 is 2.20 bits per heavy atom. The maximum Gasteiger partial charge on any atom is 0.311 e. The predicted octanol–water partition coefficient (Wildman–Crippen LogP) is 1.62. The van der Waals surface area contributed by atoms with Crippen LogP contribution in [0.4, 0.5) is 17.1 Å². The first-order valence-electron chi connectivity index (χ1n) is 9.42. The van der Waals surface area contributed by atoms with E-state index in [1.807, 2.05) is 32.0 Å². The number of hydrogen-bond donors (Lipinski definition) is 3. The van der Waals surface area contributed by atoms with Crippen LogP contribution in [0.3, 0.4) is 0 Å². The second kappa shape index (κ2) is 9.84. The number of nitrogens with one attached hydrogen (secondary N) is 3. The van der Waals surface area contributed by atoms with Crippen molar-refractivity contribution in [2.75, 3.05) is 37.9 Å². The number of carbonyl (C=O) groups is 2. The molecule has 0 fully saturated rings. The summed E-state index contributed by atoms with van der Waals surface area (Å²) in [4.78, 5) is 36.0. The molecule has 1 atom stereocenters. The third-order valence-corrected chi connectivity index (χ3v) is 4.80. The summed E-state index contributed by atoms with van der Waals surface area (Å²) in [6.07, 6.45) is 0. The molecule has 9 nitrogen and oxygen atoms in total. The van der Waals surface area contributed by atoms with Crippen molar-refractivity contribution in [2.45, 2.75) is 20.8 Å². The van der Waals surface area contributed by atoms with Gasteiger partial charge in [0.25, 0.3) is 11.8 Å². The van der Waals surface area contributed by atoms with E-state index in [1.165, 1.54) is 19.2 Å². The van der Waals surface area contributed by atoms with Crippen molar-refractivity contribution in [1.82, 2.24) is 0 Å². The number of hydrogen-bond acceptors (Lipinski definition) is 5. The second-order valence-electron chi connectivity index (χ2n) is 7.25. The molecule has 160 valence electrons. The summed E-state index contributed by atoms with van der Waals surface area (Å²) in [6, 6.07) is 8.47. The van der Waals surface area contributed by atoms with Crippen molar-refractivity contribution >= 4 is 28.9 Å². The fourth-order valence-electron chi connectivity index (χ4n) is 3.00. The van der Waals surface area contributed by atoms with Gasteiger partial charge in [0.1, 0.15) is 0 Å². The van der Waals surface area contributed by atoms with Gasteiger partial charge < -0.3 is 20.3 Å². The SMILES string of the molecule is COc1cc(NC(=O)C[NH+](C)CC(=O)Nc2cccc(C)c2C)c(C)cc1[N+](=O)[O-]. The highest BCUT2D eigenvalue weighted by molar-refractivity contribution is 5.94. The highest BCUT2D eigenvalue weighted by atomic mass is 16.6. The van der Waals surface area contributed by atoms with E-state index in [0.717, 1.165) is 16.8 Å². The fraction of sp³-hybridized carbons (Fsp3) is 0.333. The number of carbonyl (C=O) groups excluding carboxylic acids is 2. The summed E-state index contributed by atoms with van der Waals surface area (Å²) in [5.41, 5.74) is 3.64. The lowest BCUT2D eigenvalue weighted by Crippen LogP contribution is -3.11. The summed E-state index contributed by atoms with van der Waals surface area (Å²) in [5, 5.41) is 16.7. The van der Waals surface area contributed by atoms with Gasteiger partial charge in [0, 0.05) is 23.5 Å². The Morgan fingerprint density at radius 1 is 1.03 bits per heavy atom. The molecular formula is C21H27N4O5+. The van der Waals surface area contributed by atoms with Gasteiger partial charge in [-0.3, -0.25) is 19.7 Å². The number of nitrogens with zero attached hydrogens (tertiary/aromatic N) is 1. The quantitative estimate of drug-likeness (QED) is 0.448. The van der Waals surface area contributed by atoms with E-state index in [0.29, 0.717) is 16.2 Å². The van der Waals surface area contributed by atoms with Crippen LogP contribution in [0.25, 0.3) is 0 Å². The number of nitro benzene ring substituents is 1. The van der Waals surface area contributed by atoms with Crippen molar-refractivity contribution in [3.05, 3.63) is 57.1 Å². The Bertz CT molecular complexity index is 974. The molecule has 2 aromatic rings. The summed E-state index contributed by atoms with van der Waals surface area (Å²) < 4.78 is 5.04. The van der Waals surface area contributed by atoms with Gasteiger partial charge in [0.2, 0.25) is 0 Å². The van der Waals surface area contributed by atoms with Gasteiger partial charge in [-0.15, -0.1) is 0 Å². The van der Waals surface area contributed by atoms with Crippen LogP contribution in [-0.4, -0.2) is 44.0 Å². The Hall–Kier alpha value is -3.46. The van der Waals surface area contributed by atoms with E-state index in [1.54, 1.807) is 14.0 Å². The number of anilines is 2. The van der Waals surface area contributed by atoms with Gasteiger partial charge in [-0.05, 0) is 43.5 Å². The highest BCUT2D eigenvalue weighted by Gasteiger charge is 2.20. The van der Waals surface area contributed by atoms with Crippen molar-refractivity contribution < 1.29 is 24.1 Å². The molecule has 3 N–H and O–H groups in total. The van der Waals surface area contributed by atoms with Gasteiger partial charge in [-0.25, -0.2) is 0 Å². The largest absolute Gasteiger partial charge is 0.490 e. The smallest absolute Gasteiger partial charge is 0.311 e. The minimum atomic E-state index is -0.538. The third kappa shape index (κ3) is 5.77. The monoisotopic (exact) mass is 415 g/mol. The van der Waals surface area contributed by atoms with E-state index in [2.05, 4.69) is 10.6 Å². The number of ether oxygens (including phenoxy) is 1. The van der Waals surface area contributed by atoms with E-state index in [-0.39, 0.29) is 36.3 Å². The molecule has 2 aromatic carbocycles. The minimum absolute atomic E-state index is 0.0545. The molecule has 0 saturated heterocycles. The third-order valence-electron chi connectivity index (χ3n) is 4.80. The predicted molar refractivity (Wildman–Crippen MR) is 114 cm³/mol.